The van der Waals surface area contributed by atoms with Crippen LogP contribution in [0.15, 0.2) is 192 Å². The van der Waals surface area contributed by atoms with Gasteiger partial charge in [0.1, 0.15) is 19.2 Å². The van der Waals surface area contributed by atoms with Gasteiger partial charge in [-0.2, -0.15) is 0 Å². The third-order valence-corrected chi connectivity index (χ3v) is 16.4. The maximum Gasteiger partial charge on any atom is 0.143 e. The molecule has 10 aromatic rings. The highest BCUT2D eigenvalue weighted by atomic mass is 28.3. The number of rotatable bonds is 3. The second kappa shape index (κ2) is 11.4. The van der Waals surface area contributed by atoms with Crippen molar-refractivity contribution in [3.8, 4) is 11.1 Å². The van der Waals surface area contributed by atoms with Crippen molar-refractivity contribution < 1.29 is 4.42 Å². The van der Waals surface area contributed by atoms with Crippen molar-refractivity contribution in [3.63, 3.8) is 0 Å². The van der Waals surface area contributed by atoms with Crippen LogP contribution >= 0.6 is 0 Å². The van der Waals surface area contributed by atoms with Crippen molar-refractivity contribution in [2.45, 2.75) is 18.5 Å². The molecular weight excluding hydrogens is 695 g/mol. The molecule has 0 saturated heterocycles. The predicted molar refractivity (Wildman–Crippen MR) is 237 cm³/mol. The molecule has 0 radical (unpaired) electrons. The van der Waals surface area contributed by atoms with Crippen molar-refractivity contribution >= 4 is 79.0 Å². The topological polar surface area (TPSA) is 16.4 Å². The molecule has 1 atom stereocenters. The first-order valence-electron chi connectivity index (χ1n) is 19.6. The molecular formula is C53H37NOSi. The fourth-order valence-electron chi connectivity index (χ4n) is 10.5. The van der Waals surface area contributed by atoms with Gasteiger partial charge in [0, 0.05) is 39.3 Å². The molecule has 1 unspecified atom stereocenters. The van der Waals surface area contributed by atoms with Gasteiger partial charge in [-0.25, -0.2) is 0 Å². The summed E-state index contributed by atoms with van der Waals surface area (Å²) in [6.45, 7) is 5.09. The summed E-state index contributed by atoms with van der Waals surface area (Å²) in [5.74, 6) is 0. The Kier molecular flexibility index (Phi) is 6.45. The highest BCUT2D eigenvalue weighted by Crippen LogP contribution is 2.56. The summed E-state index contributed by atoms with van der Waals surface area (Å²) < 4.78 is 6.74. The Balaban J connectivity index is 1.13. The summed E-state index contributed by atoms with van der Waals surface area (Å²) in [6.07, 6.45) is 0. The molecule has 1 spiro atoms. The van der Waals surface area contributed by atoms with Gasteiger partial charge in [-0.05, 0) is 102 Å². The smallest absolute Gasteiger partial charge is 0.143 e. The normalized spacial score (nSPS) is 16.2. The number of para-hydroxylation sites is 1. The summed E-state index contributed by atoms with van der Waals surface area (Å²) in [5, 5.41) is 10.2. The van der Waals surface area contributed by atoms with E-state index in [0.717, 1.165) is 44.4 Å². The van der Waals surface area contributed by atoms with Crippen LogP contribution in [-0.4, -0.2) is 8.07 Å². The van der Waals surface area contributed by atoms with Gasteiger partial charge in [-0.3, -0.25) is 0 Å². The van der Waals surface area contributed by atoms with Crippen LogP contribution in [0.2, 0.25) is 13.1 Å². The molecule has 9 aromatic carbocycles. The molecule has 2 heterocycles. The van der Waals surface area contributed by atoms with Crippen LogP contribution < -0.4 is 15.3 Å². The summed E-state index contributed by atoms with van der Waals surface area (Å²) in [7, 11) is -2.25. The fraction of sp³-hybridized carbons (Fsp3) is 0.0566. The van der Waals surface area contributed by atoms with Crippen LogP contribution in [0.5, 0.6) is 0 Å². The monoisotopic (exact) mass is 731 g/mol. The highest BCUT2D eigenvalue weighted by Gasteiger charge is 2.52. The number of fused-ring (bicyclic) bond motifs is 13. The van der Waals surface area contributed by atoms with E-state index in [1.54, 1.807) is 0 Å². The SMILES string of the molecule is C[Si]1(C)c2ccccc2C2(c3ccccc3-c3cccc4cccc2c34)c2ccc(N(c3ccccc3)c3ccc4c(c3)oc3c5ccccc5ccc43)cc21. The lowest BCUT2D eigenvalue weighted by Crippen LogP contribution is -2.63. The number of furan rings is 1. The number of nitrogens with zero attached hydrogens (tertiary/aromatic N) is 1. The van der Waals surface area contributed by atoms with Gasteiger partial charge in [0.2, 0.25) is 0 Å². The molecule has 264 valence electrons. The lowest BCUT2D eigenvalue weighted by Gasteiger charge is -2.50. The number of anilines is 3. The van der Waals surface area contributed by atoms with Crippen molar-refractivity contribution in [1.29, 1.82) is 0 Å². The van der Waals surface area contributed by atoms with Crippen LogP contribution in [0, 0.1) is 0 Å². The van der Waals surface area contributed by atoms with Gasteiger partial charge in [-0.1, -0.05) is 153 Å². The predicted octanol–water partition coefficient (Wildman–Crippen LogP) is 12.9. The third kappa shape index (κ3) is 4.10. The largest absolute Gasteiger partial charge is 0.455 e. The van der Waals surface area contributed by atoms with E-state index in [4.69, 9.17) is 4.42 Å². The number of benzene rings is 9. The first-order chi connectivity index (χ1) is 27.5. The van der Waals surface area contributed by atoms with E-state index in [1.807, 2.05) is 0 Å². The zero-order valence-electron chi connectivity index (χ0n) is 31.3. The Bertz CT molecular complexity index is 3240. The summed E-state index contributed by atoms with van der Waals surface area (Å²) in [5.41, 5.74) is 12.9. The van der Waals surface area contributed by atoms with E-state index in [0.29, 0.717) is 0 Å². The van der Waals surface area contributed by atoms with E-state index < -0.39 is 13.5 Å². The standard InChI is InChI=1S/C53H37NOSi/c1-56(2)49-25-11-10-23-45(49)53(44-22-9-8-20-40(44)42-21-12-15-35-16-13-24-47(53)51(35)42)46-31-28-38(33-50(46)56)54(36-17-4-3-5-18-36)37-27-30-41-43-29-26-34-14-6-7-19-39(34)52(43)55-48(41)32-37/h3-33H,1-2H3. The lowest BCUT2D eigenvalue weighted by atomic mass is 9.59. The molecule has 0 fully saturated rings. The zero-order chi connectivity index (χ0) is 37.2. The van der Waals surface area contributed by atoms with E-state index in [2.05, 4.69) is 206 Å². The fourth-order valence-corrected chi connectivity index (χ4v) is 13.7. The van der Waals surface area contributed by atoms with Crippen LogP contribution in [0.1, 0.15) is 22.3 Å². The quantitative estimate of drug-likeness (QED) is 0.168. The van der Waals surface area contributed by atoms with E-state index in [9.17, 15) is 0 Å². The summed E-state index contributed by atoms with van der Waals surface area (Å²) in [4.78, 5) is 2.41. The molecule has 56 heavy (non-hydrogen) atoms. The van der Waals surface area contributed by atoms with Gasteiger partial charge in [0.25, 0.3) is 0 Å². The van der Waals surface area contributed by atoms with Gasteiger partial charge in [0.05, 0.1) is 5.41 Å². The molecule has 3 heteroatoms. The van der Waals surface area contributed by atoms with Crippen molar-refractivity contribution in [1.82, 2.24) is 0 Å². The Hall–Kier alpha value is -6.68. The van der Waals surface area contributed by atoms with E-state index >= 15 is 0 Å². The summed E-state index contributed by atoms with van der Waals surface area (Å²) >= 11 is 0. The van der Waals surface area contributed by atoms with Crippen molar-refractivity contribution in [2.75, 3.05) is 4.90 Å². The zero-order valence-corrected chi connectivity index (χ0v) is 32.3. The Morgan fingerprint density at radius 2 is 1.07 bits per heavy atom. The maximum absolute atomic E-state index is 6.74. The second-order valence-corrected chi connectivity index (χ2v) is 20.3. The Morgan fingerprint density at radius 3 is 1.96 bits per heavy atom. The van der Waals surface area contributed by atoms with Crippen LogP contribution in [0.3, 0.4) is 0 Å². The van der Waals surface area contributed by atoms with Gasteiger partial charge < -0.3 is 9.32 Å². The molecule has 1 aliphatic carbocycles. The number of hydrogen-bond acceptors (Lipinski definition) is 2. The molecule has 2 nitrogen and oxygen atoms in total. The summed E-state index contributed by atoms with van der Waals surface area (Å²) in [6, 6.07) is 70.0. The average Bonchev–Trinajstić information content (AvgIpc) is 3.63. The minimum Gasteiger partial charge on any atom is -0.455 e. The Labute approximate surface area is 326 Å². The van der Waals surface area contributed by atoms with Gasteiger partial charge >= 0.3 is 0 Å². The molecule has 1 aliphatic heterocycles. The van der Waals surface area contributed by atoms with Crippen molar-refractivity contribution in [2.24, 2.45) is 0 Å². The molecule has 0 amide bonds. The molecule has 2 aliphatic rings. The van der Waals surface area contributed by atoms with Crippen molar-refractivity contribution in [3.05, 3.63) is 210 Å². The van der Waals surface area contributed by atoms with Gasteiger partial charge in [0.15, 0.2) is 0 Å². The van der Waals surface area contributed by atoms with Crippen LogP contribution in [0.4, 0.5) is 17.1 Å². The number of hydrogen-bond donors (Lipinski definition) is 0. The van der Waals surface area contributed by atoms with Crippen LogP contribution in [-0.2, 0) is 5.41 Å². The second-order valence-electron chi connectivity index (χ2n) is 16.0. The maximum atomic E-state index is 6.74. The third-order valence-electron chi connectivity index (χ3n) is 12.9. The molecule has 0 N–H and O–H groups in total. The average molecular weight is 732 g/mol. The molecule has 0 saturated carbocycles. The first-order valence-corrected chi connectivity index (χ1v) is 22.6. The van der Waals surface area contributed by atoms with Gasteiger partial charge in [-0.15, -0.1) is 0 Å². The Morgan fingerprint density at radius 1 is 0.429 bits per heavy atom. The van der Waals surface area contributed by atoms with Crippen LogP contribution in [0.25, 0.3) is 54.6 Å². The van der Waals surface area contributed by atoms with E-state index in [-0.39, 0.29) is 0 Å². The minimum absolute atomic E-state index is 0.467. The molecule has 12 rings (SSSR count). The molecule has 1 aromatic heterocycles. The lowest BCUT2D eigenvalue weighted by molar-refractivity contribution is 0.672. The highest BCUT2D eigenvalue weighted by molar-refractivity contribution is 7.01. The van der Waals surface area contributed by atoms with E-state index in [1.165, 1.54) is 59.9 Å². The minimum atomic E-state index is -2.25. The molecule has 0 bridgehead atoms. The first kappa shape index (κ1) is 31.6.